The van der Waals surface area contributed by atoms with Gasteiger partial charge in [0.15, 0.2) is 0 Å². The first-order chi connectivity index (χ1) is 16.0. The van der Waals surface area contributed by atoms with Crippen molar-refractivity contribution < 1.29 is 10.2 Å². The smallest absolute Gasteiger partial charge is 0.235 e. The van der Waals surface area contributed by atoms with Gasteiger partial charge in [0, 0.05) is 35.6 Å². The van der Waals surface area contributed by atoms with E-state index in [1.807, 2.05) is 57.9 Å². The van der Waals surface area contributed by atoms with Crippen molar-refractivity contribution in [1.82, 2.24) is 23.9 Å². The minimum Gasteiger partial charge on any atom is -0.388 e. The Kier molecular flexibility index (Phi) is 4.62. The summed E-state index contributed by atoms with van der Waals surface area (Å²) in [6.07, 6.45) is 8.76. The summed E-state index contributed by atoms with van der Waals surface area (Å²) >= 11 is 6.06. The summed E-state index contributed by atoms with van der Waals surface area (Å²) in [6, 6.07) is 9.32. The average molecular weight is 461 g/mol. The summed E-state index contributed by atoms with van der Waals surface area (Å²) in [4.78, 5) is 13.2. The van der Waals surface area contributed by atoms with E-state index < -0.39 is 18.2 Å². The Hall–Kier alpha value is -3.46. The van der Waals surface area contributed by atoms with Crippen LogP contribution in [-0.2, 0) is 6.42 Å². The lowest BCUT2D eigenvalue weighted by Crippen LogP contribution is -2.29. The van der Waals surface area contributed by atoms with Gasteiger partial charge in [-0.15, -0.1) is 0 Å². The van der Waals surface area contributed by atoms with Crippen LogP contribution in [0.3, 0.4) is 0 Å². The molecule has 0 saturated carbocycles. The number of nitrogens with zero attached hydrogens (tertiary/aromatic N) is 5. The second kappa shape index (κ2) is 7.55. The molecule has 5 aromatic rings. The molecule has 0 radical (unpaired) electrons. The number of nitrogens with two attached hydrogens (primary N) is 1. The molecule has 4 N–H and O–H groups in total. The zero-order chi connectivity index (χ0) is 22.7. The topological polar surface area (TPSA) is 114 Å². The molecule has 4 aromatic heterocycles. The molecular formula is C24H21ClN6O2. The molecule has 3 atom stereocenters. The Balaban J connectivity index is 1.27. The molecule has 33 heavy (non-hydrogen) atoms. The Labute approximate surface area is 193 Å². The highest BCUT2D eigenvalue weighted by Gasteiger charge is 2.36. The molecule has 0 amide bonds. The number of hydrogen-bond acceptors (Lipinski definition) is 6. The van der Waals surface area contributed by atoms with Gasteiger partial charge in [-0.2, -0.15) is 4.98 Å². The van der Waals surface area contributed by atoms with Crippen LogP contribution in [0.5, 0.6) is 0 Å². The van der Waals surface area contributed by atoms with Crippen LogP contribution in [0.2, 0.25) is 5.02 Å². The van der Waals surface area contributed by atoms with Crippen LogP contribution in [0.25, 0.3) is 27.7 Å². The third-order valence-corrected chi connectivity index (χ3v) is 6.68. The highest BCUT2D eigenvalue weighted by atomic mass is 35.5. The molecular weight excluding hydrogens is 440 g/mol. The molecule has 0 aliphatic heterocycles. The maximum absolute atomic E-state index is 10.8. The summed E-state index contributed by atoms with van der Waals surface area (Å²) in [6.45, 7) is 0. The van der Waals surface area contributed by atoms with Crippen molar-refractivity contribution in [3.63, 3.8) is 0 Å². The van der Waals surface area contributed by atoms with E-state index in [2.05, 4.69) is 15.0 Å². The van der Waals surface area contributed by atoms with E-state index in [0.717, 1.165) is 33.1 Å². The number of imidazole rings is 1. The van der Waals surface area contributed by atoms with Gasteiger partial charge < -0.3 is 20.5 Å². The Morgan fingerprint density at radius 3 is 2.79 bits per heavy atom. The van der Waals surface area contributed by atoms with E-state index in [1.54, 1.807) is 12.3 Å². The van der Waals surface area contributed by atoms with Gasteiger partial charge in [0.05, 0.1) is 16.6 Å². The summed E-state index contributed by atoms with van der Waals surface area (Å²) in [5.74, 6) is 0.896. The van der Waals surface area contributed by atoms with Crippen LogP contribution in [0, 0.1) is 0 Å². The summed E-state index contributed by atoms with van der Waals surface area (Å²) in [5.41, 5.74) is 9.22. The number of pyridine rings is 1. The van der Waals surface area contributed by atoms with Crippen molar-refractivity contribution in [3.8, 4) is 0 Å². The van der Waals surface area contributed by atoms with E-state index in [9.17, 15) is 10.2 Å². The Morgan fingerprint density at radius 1 is 1.03 bits per heavy atom. The van der Waals surface area contributed by atoms with Crippen molar-refractivity contribution in [2.45, 2.75) is 31.1 Å². The van der Waals surface area contributed by atoms with Crippen LogP contribution in [0.4, 0.5) is 5.82 Å². The molecule has 6 rings (SSSR count). The Morgan fingerprint density at radius 2 is 1.91 bits per heavy atom. The van der Waals surface area contributed by atoms with Crippen molar-refractivity contribution >= 4 is 45.1 Å². The first kappa shape index (κ1) is 20.2. The maximum atomic E-state index is 10.8. The van der Waals surface area contributed by atoms with Crippen LogP contribution < -0.4 is 5.73 Å². The van der Waals surface area contributed by atoms with E-state index in [0.29, 0.717) is 29.5 Å². The molecule has 8 nitrogen and oxygen atoms in total. The highest BCUT2D eigenvalue weighted by molar-refractivity contribution is 6.33. The number of halogens is 1. The number of aliphatic hydroxyl groups is 2. The predicted octanol–water partition coefficient (Wildman–Crippen LogP) is 3.30. The van der Waals surface area contributed by atoms with Gasteiger partial charge >= 0.3 is 0 Å². The molecule has 0 bridgehead atoms. The molecule has 1 aromatic carbocycles. The molecule has 1 aliphatic rings. The zero-order valence-electron chi connectivity index (χ0n) is 17.5. The molecule has 0 fully saturated rings. The minimum absolute atomic E-state index is 0.307. The number of nitrogen functional groups attached to an aromatic ring is 1. The number of aryl methyl sites for hydroxylation is 1. The minimum atomic E-state index is -0.950. The van der Waals surface area contributed by atoms with Gasteiger partial charge in [0.2, 0.25) is 5.78 Å². The van der Waals surface area contributed by atoms with Gasteiger partial charge in [-0.3, -0.25) is 4.40 Å². The number of benzene rings is 1. The number of fused-ring (bicyclic) bond motifs is 3. The molecule has 0 saturated heterocycles. The van der Waals surface area contributed by atoms with Crippen molar-refractivity contribution in [2.24, 2.45) is 0 Å². The fourth-order valence-electron chi connectivity index (χ4n) is 4.60. The lowest BCUT2D eigenvalue weighted by Gasteiger charge is -2.19. The first-order valence-electron chi connectivity index (χ1n) is 10.7. The molecule has 0 spiro atoms. The van der Waals surface area contributed by atoms with Gasteiger partial charge in [-0.1, -0.05) is 29.8 Å². The quantitative estimate of drug-likeness (QED) is 0.354. The number of hydrogen-bond donors (Lipinski definition) is 3. The maximum Gasteiger partial charge on any atom is 0.235 e. The number of aliphatic hydroxyl groups excluding tert-OH is 2. The Bertz CT molecular complexity index is 1560. The molecule has 9 heteroatoms. The van der Waals surface area contributed by atoms with E-state index in [-0.39, 0.29) is 0 Å². The fourth-order valence-corrected chi connectivity index (χ4v) is 4.76. The fraction of sp³-hybridized carbons (Fsp3) is 0.208. The number of rotatable bonds is 4. The van der Waals surface area contributed by atoms with Crippen LogP contribution in [0.1, 0.15) is 18.0 Å². The van der Waals surface area contributed by atoms with Gasteiger partial charge in [0.1, 0.15) is 23.7 Å². The SMILES string of the molecule is Nc1nc2cc(CCC3=C[C@@H](n4ccc5cn6ccnc6nc54)[C@H](O)[C@@H]3O)ccc2cc1Cl. The van der Waals surface area contributed by atoms with Gasteiger partial charge in [-0.25, -0.2) is 9.97 Å². The summed E-state index contributed by atoms with van der Waals surface area (Å²) < 4.78 is 3.76. The summed E-state index contributed by atoms with van der Waals surface area (Å²) in [5, 5.41) is 23.9. The monoisotopic (exact) mass is 460 g/mol. The molecule has 0 unspecified atom stereocenters. The number of anilines is 1. The standard InChI is InChI=1S/C24H21ClN6O2/c25-17-10-14-3-1-13(9-18(14)28-22(17)26)2-4-15-11-19(21(33)20(15)32)31-7-5-16-12-30-8-6-27-24(30)29-23(16)31/h1,3,5-12,19-21,32-33H,2,4H2,(H2,26,28)/t19-,20-,21+/m1/s1. The third kappa shape index (κ3) is 3.34. The van der Waals surface area contributed by atoms with Crippen molar-refractivity contribution in [2.75, 3.05) is 5.73 Å². The molecule has 166 valence electrons. The average Bonchev–Trinajstić information content (AvgIpc) is 3.50. The van der Waals surface area contributed by atoms with Gasteiger partial charge in [0.25, 0.3) is 0 Å². The van der Waals surface area contributed by atoms with Crippen molar-refractivity contribution in [3.05, 3.63) is 77.4 Å². The normalized spacial score (nSPS) is 20.8. The second-order valence-electron chi connectivity index (χ2n) is 8.43. The van der Waals surface area contributed by atoms with Gasteiger partial charge in [-0.05, 0) is 42.2 Å². The lowest BCUT2D eigenvalue weighted by atomic mass is 10.0. The van der Waals surface area contributed by atoms with Crippen molar-refractivity contribution in [1.29, 1.82) is 0 Å². The molecule has 4 heterocycles. The van der Waals surface area contributed by atoms with E-state index in [4.69, 9.17) is 17.3 Å². The zero-order valence-corrected chi connectivity index (χ0v) is 18.3. The third-order valence-electron chi connectivity index (χ3n) is 6.37. The predicted molar refractivity (Wildman–Crippen MR) is 127 cm³/mol. The van der Waals surface area contributed by atoms with Crippen LogP contribution in [0.15, 0.2) is 66.8 Å². The molecule has 1 aliphatic carbocycles. The first-order valence-corrected chi connectivity index (χ1v) is 11.1. The summed E-state index contributed by atoms with van der Waals surface area (Å²) in [7, 11) is 0. The van der Waals surface area contributed by atoms with Crippen LogP contribution >= 0.6 is 11.6 Å². The van der Waals surface area contributed by atoms with E-state index in [1.165, 1.54) is 0 Å². The highest BCUT2D eigenvalue weighted by Crippen LogP contribution is 2.34. The second-order valence-corrected chi connectivity index (χ2v) is 8.83. The largest absolute Gasteiger partial charge is 0.388 e. The van der Waals surface area contributed by atoms with Crippen LogP contribution in [-0.4, -0.2) is 46.3 Å². The lowest BCUT2D eigenvalue weighted by molar-refractivity contribution is 0.0317. The van der Waals surface area contributed by atoms with E-state index >= 15 is 0 Å². The number of aromatic nitrogens is 5.